The van der Waals surface area contributed by atoms with Gasteiger partial charge in [-0.1, -0.05) is 0 Å². The molecule has 0 spiro atoms. The molecule has 80 valence electrons. The Morgan fingerprint density at radius 3 is 1.69 bits per heavy atom. The number of hydrogen-bond donors (Lipinski definition) is 0. The van der Waals surface area contributed by atoms with Gasteiger partial charge in [-0.3, -0.25) is 0 Å². The van der Waals surface area contributed by atoms with Crippen LogP contribution in [0.25, 0.3) is 0 Å². The summed E-state index contributed by atoms with van der Waals surface area (Å²) in [5, 5.41) is 0. The molecule has 0 amide bonds. The first-order chi connectivity index (χ1) is 5.83. The second kappa shape index (κ2) is 5.42. The molecule has 0 aliphatic heterocycles. The topological polar surface area (TPSA) is 27.7 Å². The number of rotatable bonds is 5. The lowest BCUT2D eigenvalue weighted by Gasteiger charge is -2.28. The summed E-state index contributed by atoms with van der Waals surface area (Å²) in [5.74, 6) is 0. The van der Waals surface area contributed by atoms with Crippen molar-refractivity contribution in [1.29, 1.82) is 0 Å². The van der Waals surface area contributed by atoms with Gasteiger partial charge in [0, 0.05) is 0 Å². The molecule has 0 heterocycles. The maximum absolute atomic E-state index is 5.59. The molecule has 0 radical (unpaired) electrons. The first-order valence-electron chi connectivity index (χ1n) is 4.43. The molecule has 0 saturated carbocycles. The summed E-state index contributed by atoms with van der Waals surface area (Å²) >= 11 is 5.19. The van der Waals surface area contributed by atoms with Crippen molar-refractivity contribution < 1.29 is 13.6 Å². The minimum absolute atomic E-state index is 0.320. The van der Waals surface area contributed by atoms with Gasteiger partial charge in [-0.15, -0.1) is 0 Å². The molecule has 0 aromatic rings. The van der Waals surface area contributed by atoms with E-state index >= 15 is 0 Å². The molecule has 0 rings (SSSR count). The average Bonchev–Trinajstić information content (AvgIpc) is 1.82. The lowest BCUT2D eigenvalue weighted by atomic mass is 10.2. The quantitative estimate of drug-likeness (QED) is 0.673. The van der Waals surface area contributed by atoms with E-state index in [0.29, 0.717) is 13.2 Å². The van der Waals surface area contributed by atoms with Crippen molar-refractivity contribution in [1.82, 2.24) is 0 Å². The Bertz CT molecular complexity index is 178. The van der Waals surface area contributed by atoms with Crippen LogP contribution in [0, 0.1) is 0 Å². The summed E-state index contributed by atoms with van der Waals surface area (Å²) in [6.07, 6.45) is 0. The minimum Gasteiger partial charge on any atom is -0.309 e. The van der Waals surface area contributed by atoms with E-state index in [2.05, 4.69) is 0 Å². The van der Waals surface area contributed by atoms with Crippen LogP contribution in [-0.4, -0.2) is 18.8 Å². The third-order valence-corrected chi connectivity index (χ3v) is 3.74. The molecule has 0 atom stereocenters. The zero-order valence-electron chi connectivity index (χ0n) is 8.99. The molecule has 5 heteroatoms. The molecule has 0 saturated heterocycles. The maximum atomic E-state index is 5.59. The summed E-state index contributed by atoms with van der Waals surface area (Å²) in [7, 11) is 0. The van der Waals surface area contributed by atoms with E-state index in [-0.39, 0.29) is 5.60 Å². The van der Waals surface area contributed by atoms with Crippen molar-refractivity contribution in [2.24, 2.45) is 0 Å². The monoisotopic (exact) mass is 226 g/mol. The Hall–Kier alpha value is 0.530. The highest BCUT2D eigenvalue weighted by molar-refractivity contribution is 8.07. The van der Waals surface area contributed by atoms with E-state index in [1.165, 1.54) is 0 Å². The predicted molar refractivity (Wildman–Crippen MR) is 58.4 cm³/mol. The smallest absolute Gasteiger partial charge is 0.309 e. The predicted octanol–water partition coefficient (Wildman–Crippen LogP) is 3.10. The Kier molecular flexibility index (Phi) is 5.64. The van der Waals surface area contributed by atoms with Crippen LogP contribution in [0.1, 0.15) is 34.6 Å². The second-order valence-electron chi connectivity index (χ2n) is 3.49. The van der Waals surface area contributed by atoms with Crippen LogP contribution in [0.15, 0.2) is 0 Å². The van der Waals surface area contributed by atoms with Crippen LogP contribution < -0.4 is 0 Å². The van der Waals surface area contributed by atoms with E-state index < -0.39 is 6.72 Å². The highest BCUT2D eigenvalue weighted by Gasteiger charge is 2.26. The highest BCUT2D eigenvalue weighted by atomic mass is 32.5. The van der Waals surface area contributed by atoms with Gasteiger partial charge in [-0.05, 0) is 46.4 Å². The zero-order chi connectivity index (χ0) is 10.5. The number of hydrogen-bond acceptors (Lipinski definition) is 4. The van der Waals surface area contributed by atoms with E-state index in [0.717, 1.165) is 0 Å². The molecule has 0 aromatic carbocycles. The zero-order valence-corrected chi connectivity index (χ0v) is 10.7. The molecule has 3 nitrogen and oxygen atoms in total. The van der Waals surface area contributed by atoms with E-state index in [1.807, 2.05) is 34.6 Å². The molecular formula is C8H19O3PS. The third kappa shape index (κ3) is 6.58. The van der Waals surface area contributed by atoms with Gasteiger partial charge < -0.3 is 13.6 Å². The van der Waals surface area contributed by atoms with Crippen LogP contribution in [0.3, 0.4) is 0 Å². The SMILES string of the molecule is CCOP(=S)(OCC)OC(C)(C)C. The molecule has 0 aliphatic rings. The second-order valence-corrected chi connectivity index (χ2v) is 6.42. The lowest BCUT2D eigenvalue weighted by Crippen LogP contribution is -2.19. The highest BCUT2D eigenvalue weighted by Crippen LogP contribution is 2.52. The minimum atomic E-state index is -2.51. The van der Waals surface area contributed by atoms with Gasteiger partial charge in [-0.25, -0.2) is 0 Å². The fraction of sp³-hybridized carbons (Fsp3) is 1.00. The Balaban J connectivity index is 4.33. The summed E-state index contributed by atoms with van der Waals surface area (Å²) in [4.78, 5) is 0. The molecule has 0 N–H and O–H groups in total. The Labute approximate surface area is 86.0 Å². The van der Waals surface area contributed by atoms with E-state index in [9.17, 15) is 0 Å². The van der Waals surface area contributed by atoms with Crippen LogP contribution in [0.2, 0.25) is 0 Å². The third-order valence-electron chi connectivity index (χ3n) is 0.960. The van der Waals surface area contributed by atoms with Crippen molar-refractivity contribution in [3.63, 3.8) is 0 Å². The average molecular weight is 226 g/mol. The van der Waals surface area contributed by atoms with Gasteiger partial charge in [0.1, 0.15) is 0 Å². The normalized spacial score (nSPS) is 13.3. The Morgan fingerprint density at radius 2 is 1.46 bits per heavy atom. The molecule has 0 aliphatic carbocycles. The van der Waals surface area contributed by atoms with Crippen LogP contribution >= 0.6 is 6.72 Å². The van der Waals surface area contributed by atoms with Gasteiger partial charge in [0.2, 0.25) is 0 Å². The molecular weight excluding hydrogens is 207 g/mol. The molecule has 0 bridgehead atoms. The van der Waals surface area contributed by atoms with Gasteiger partial charge in [-0.2, -0.15) is 0 Å². The maximum Gasteiger partial charge on any atom is 0.327 e. The molecule has 0 aromatic heterocycles. The van der Waals surface area contributed by atoms with Gasteiger partial charge >= 0.3 is 6.72 Å². The molecule has 0 fully saturated rings. The lowest BCUT2D eigenvalue weighted by molar-refractivity contribution is 0.0766. The van der Waals surface area contributed by atoms with Crippen LogP contribution in [-0.2, 0) is 25.4 Å². The first kappa shape index (κ1) is 13.5. The molecule has 13 heavy (non-hydrogen) atoms. The summed E-state index contributed by atoms with van der Waals surface area (Å²) in [6, 6.07) is 0. The van der Waals surface area contributed by atoms with E-state index in [1.54, 1.807) is 0 Å². The van der Waals surface area contributed by atoms with E-state index in [4.69, 9.17) is 25.4 Å². The van der Waals surface area contributed by atoms with Crippen molar-refractivity contribution in [3.05, 3.63) is 0 Å². The summed E-state index contributed by atoms with van der Waals surface area (Å²) < 4.78 is 16.2. The summed E-state index contributed by atoms with van der Waals surface area (Å²) in [5.41, 5.74) is -0.320. The standard InChI is InChI=1S/C8H19O3PS/c1-6-9-12(13,10-7-2)11-8(3,4)5/h6-7H2,1-5H3. The summed E-state index contributed by atoms with van der Waals surface area (Å²) in [6.45, 7) is 8.11. The van der Waals surface area contributed by atoms with Gasteiger partial charge in [0.15, 0.2) is 0 Å². The first-order valence-corrected chi connectivity index (χ1v) is 6.98. The van der Waals surface area contributed by atoms with Crippen molar-refractivity contribution >= 4 is 18.5 Å². The Morgan fingerprint density at radius 1 is 1.08 bits per heavy atom. The van der Waals surface area contributed by atoms with Gasteiger partial charge in [0.25, 0.3) is 0 Å². The van der Waals surface area contributed by atoms with Crippen LogP contribution in [0.4, 0.5) is 0 Å². The fourth-order valence-electron chi connectivity index (χ4n) is 0.742. The van der Waals surface area contributed by atoms with Crippen molar-refractivity contribution in [2.45, 2.75) is 40.2 Å². The fourth-order valence-corrected chi connectivity index (χ4v) is 3.53. The van der Waals surface area contributed by atoms with Crippen molar-refractivity contribution in [3.8, 4) is 0 Å². The van der Waals surface area contributed by atoms with Crippen molar-refractivity contribution in [2.75, 3.05) is 13.2 Å². The largest absolute Gasteiger partial charge is 0.327 e. The van der Waals surface area contributed by atoms with Gasteiger partial charge in [0.05, 0.1) is 18.8 Å². The van der Waals surface area contributed by atoms with Crippen LogP contribution in [0.5, 0.6) is 0 Å². The molecule has 0 unspecified atom stereocenters.